The molecule has 2 nitrogen and oxygen atoms in total. The van der Waals surface area contributed by atoms with Gasteiger partial charge in [-0.2, -0.15) is 13.2 Å². The van der Waals surface area contributed by atoms with Crippen molar-refractivity contribution in [1.29, 1.82) is 0 Å². The number of rotatable bonds is 5. The molecule has 1 aromatic heterocycles. The highest BCUT2D eigenvalue weighted by Gasteiger charge is 2.26. The molecule has 0 amide bonds. The Morgan fingerprint density at radius 1 is 1.11 bits per heavy atom. The van der Waals surface area contributed by atoms with Gasteiger partial charge in [0.1, 0.15) is 0 Å². The van der Waals surface area contributed by atoms with Gasteiger partial charge < -0.3 is 10.3 Å². The Balaban J connectivity index is 1.79. The van der Waals surface area contributed by atoms with Crippen LogP contribution in [0, 0.1) is 11.6 Å². The third-order valence-corrected chi connectivity index (χ3v) is 4.38. The highest BCUT2D eigenvalue weighted by molar-refractivity contribution is 6.32. The van der Waals surface area contributed by atoms with E-state index < -0.39 is 24.2 Å². The van der Waals surface area contributed by atoms with Gasteiger partial charge in [-0.15, -0.1) is 0 Å². The number of hydrogen-bond donors (Lipinski definition) is 2. The molecule has 0 fully saturated rings. The zero-order valence-electron chi connectivity index (χ0n) is 13.9. The average Bonchev–Trinajstić information content (AvgIpc) is 2.94. The number of benzene rings is 2. The van der Waals surface area contributed by atoms with E-state index in [1.807, 2.05) is 0 Å². The van der Waals surface area contributed by atoms with Gasteiger partial charge in [0, 0.05) is 35.3 Å². The van der Waals surface area contributed by atoms with Crippen LogP contribution in [-0.2, 0) is 6.42 Å². The van der Waals surface area contributed by atoms with Gasteiger partial charge in [0.05, 0.1) is 16.2 Å². The number of fused-ring (bicyclic) bond motifs is 1. The Kier molecular flexibility index (Phi) is 5.15. The molecule has 0 unspecified atom stereocenters. The molecule has 0 aliphatic heterocycles. The highest BCUT2D eigenvalue weighted by Crippen LogP contribution is 2.31. The van der Waals surface area contributed by atoms with Crippen molar-refractivity contribution in [3.63, 3.8) is 0 Å². The maximum absolute atomic E-state index is 13.5. The molecule has 27 heavy (non-hydrogen) atoms. The number of aromatic nitrogens is 1. The predicted molar refractivity (Wildman–Crippen MR) is 96.7 cm³/mol. The third kappa shape index (κ3) is 4.42. The first-order chi connectivity index (χ1) is 12.6. The summed E-state index contributed by atoms with van der Waals surface area (Å²) >= 11 is 6.18. The van der Waals surface area contributed by atoms with E-state index in [1.165, 1.54) is 12.3 Å². The van der Waals surface area contributed by atoms with E-state index in [1.54, 1.807) is 12.1 Å². The average molecular weight is 401 g/mol. The molecule has 2 aromatic carbocycles. The van der Waals surface area contributed by atoms with Crippen molar-refractivity contribution in [2.75, 3.05) is 5.32 Å². The fraction of sp³-hybridized carbons (Fsp3) is 0.158. The lowest BCUT2D eigenvalue weighted by molar-refractivity contribution is -0.133. The first-order valence-corrected chi connectivity index (χ1v) is 8.29. The molecule has 3 rings (SSSR count). The number of nitrogens with one attached hydrogen (secondary N) is 2. The van der Waals surface area contributed by atoms with E-state index in [4.69, 9.17) is 11.6 Å². The molecule has 0 saturated carbocycles. The summed E-state index contributed by atoms with van der Waals surface area (Å²) < 4.78 is 63.8. The number of alkyl halides is 3. The lowest BCUT2D eigenvalue weighted by Crippen LogP contribution is -2.08. The van der Waals surface area contributed by atoms with Gasteiger partial charge in [0.25, 0.3) is 0 Å². The summed E-state index contributed by atoms with van der Waals surface area (Å²) in [6.07, 6.45) is -3.81. The van der Waals surface area contributed by atoms with Crippen LogP contribution in [0.15, 0.2) is 43.1 Å². The molecule has 8 heteroatoms. The molecular formula is C19H14ClF5N2. The fourth-order valence-electron chi connectivity index (χ4n) is 2.70. The maximum Gasteiger partial charge on any atom is 0.389 e. The van der Waals surface area contributed by atoms with Crippen LogP contribution in [0.1, 0.15) is 17.5 Å². The Labute approximate surface area is 156 Å². The maximum atomic E-state index is 13.5. The van der Waals surface area contributed by atoms with E-state index >= 15 is 0 Å². The zero-order chi connectivity index (χ0) is 19.8. The lowest BCUT2D eigenvalue weighted by atomic mass is 10.1. The van der Waals surface area contributed by atoms with Gasteiger partial charge in [-0.1, -0.05) is 30.3 Å². The minimum absolute atomic E-state index is 0.170. The van der Waals surface area contributed by atoms with Gasteiger partial charge in [-0.25, -0.2) is 8.78 Å². The first-order valence-electron chi connectivity index (χ1n) is 7.91. The number of hydrogen-bond acceptors (Lipinski definition) is 1. The minimum atomic E-state index is -4.24. The first kappa shape index (κ1) is 19.2. The second-order valence-corrected chi connectivity index (χ2v) is 6.45. The van der Waals surface area contributed by atoms with Gasteiger partial charge in [-0.05, 0) is 24.1 Å². The molecule has 2 N–H and O–H groups in total. The van der Waals surface area contributed by atoms with E-state index in [-0.39, 0.29) is 11.4 Å². The molecule has 0 aliphatic rings. The van der Waals surface area contributed by atoms with Crippen molar-refractivity contribution in [3.8, 4) is 0 Å². The van der Waals surface area contributed by atoms with Gasteiger partial charge in [0.15, 0.2) is 11.6 Å². The Hall–Kier alpha value is -2.54. The zero-order valence-corrected chi connectivity index (χ0v) is 14.6. The van der Waals surface area contributed by atoms with Crippen LogP contribution < -0.4 is 5.32 Å². The van der Waals surface area contributed by atoms with Crippen molar-refractivity contribution in [2.24, 2.45) is 0 Å². The number of anilines is 1. The third-order valence-electron chi connectivity index (χ3n) is 4.06. The molecule has 0 spiro atoms. The summed E-state index contributed by atoms with van der Waals surface area (Å²) in [6.45, 7) is 3.87. The van der Waals surface area contributed by atoms with E-state index in [2.05, 4.69) is 16.9 Å². The Morgan fingerprint density at radius 2 is 1.81 bits per heavy atom. The summed E-state index contributed by atoms with van der Waals surface area (Å²) in [5.74, 6) is -1.95. The largest absolute Gasteiger partial charge is 0.389 e. The fourth-order valence-corrected chi connectivity index (χ4v) is 3.01. The number of halogens is 6. The van der Waals surface area contributed by atoms with Crippen molar-refractivity contribution in [2.45, 2.75) is 19.0 Å². The quantitative estimate of drug-likeness (QED) is 0.459. The Bertz CT molecular complexity index is 1010. The smallest absolute Gasteiger partial charge is 0.359 e. The molecule has 3 aromatic rings. The summed E-state index contributed by atoms with van der Waals surface area (Å²) in [6, 6.07) is 6.67. The number of H-pyrrole nitrogens is 1. The standard InChI is InChI=1S/C19H14ClF5N2/c1-10(12-3-2-11(6-14(12)20)4-5-19(23,24)25)27-18-9-26-17-8-16(22)15(21)7-13(17)18/h2-3,6-9,26-27H,1,4-5H2. The van der Waals surface area contributed by atoms with Crippen molar-refractivity contribution < 1.29 is 22.0 Å². The van der Waals surface area contributed by atoms with Crippen LogP contribution in [0.3, 0.4) is 0 Å². The van der Waals surface area contributed by atoms with Crippen LogP contribution >= 0.6 is 11.6 Å². The molecule has 0 atom stereocenters. The number of aryl methyl sites for hydroxylation is 1. The molecule has 142 valence electrons. The molecule has 0 aliphatic carbocycles. The van der Waals surface area contributed by atoms with Gasteiger partial charge in [0.2, 0.25) is 0 Å². The monoisotopic (exact) mass is 400 g/mol. The minimum Gasteiger partial charge on any atom is -0.359 e. The van der Waals surface area contributed by atoms with E-state index in [0.29, 0.717) is 33.4 Å². The molecule has 1 heterocycles. The predicted octanol–water partition coefficient (Wildman–Crippen LogP) is 6.68. The van der Waals surface area contributed by atoms with Crippen LogP contribution in [0.5, 0.6) is 0 Å². The molecule has 0 radical (unpaired) electrons. The second-order valence-electron chi connectivity index (χ2n) is 6.05. The van der Waals surface area contributed by atoms with Gasteiger partial charge in [-0.3, -0.25) is 0 Å². The second kappa shape index (κ2) is 7.23. The SMILES string of the molecule is C=C(Nc1c[nH]c2cc(F)c(F)cc12)c1ccc(CCC(F)(F)F)cc1Cl. The van der Waals surface area contributed by atoms with Gasteiger partial charge >= 0.3 is 6.18 Å². The summed E-state index contributed by atoms with van der Waals surface area (Å²) in [5.41, 5.74) is 2.18. The summed E-state index contributed by atoms with van der Waals surface area (Å²) in [5, 5.41) is 3.63. The summed E-state index contributed by atoms with van der Waals surface area (Å²) in [4.78, 5) is 2.82. The van der Waals surface area contributed by atoms with E-state index in [9.17, 15) is 22.0 Å². The summed E-state index contributed by atoms with van der Waals surface area (Å²) in [7, 11) is 0. The molecule has 0 saturated heterocycles. The van der Waals surface area contributed by atoms with Crippen LogP contribution in [0.25, 0.3) is 16.6 Å². The number of aromatic amines is 1. The Morgan fingerprint density at radius 3 is 2.48 bits per heavy atom. The van der Waals surface area contributed by atoms with Crippen LogP contribution in [-0.4, -0.2) is 11.2 Å². The van der Waals surface area contributed by atoms with E-state index in [0.717, 1.165) is 12.1 Å². The van der Waals surface area contributed by atoms with Crippen molar-refractivity contribution in [3.05, 3.63) is 70.9 Å². The normalized spacial score (nSPS) is 11.8. The molecule has 0 bridgehead atoms. The topological polar surface area (TPSA) is 27.8 Å². The van der Waals surface area contributed by atoms with Crippen molar-refractivity contribution >= 4 is 33.9 Å². The van der Waals surface area contributed by atoms with Crippen LogP contribution in [0.4, 0.5) is 27.6 Å². The highest BCUT2D eigenvalue weighted by atomic mass is 35.5. The molecular weight excluding hydrogens is 387 g/mol. The lowest BCUT2D eigenvalue weighted by Gasteiger charge is -2.12. The van der Waals surface area contributed by atoms with Crippen LogP contribution in [0.2, 0.25) is 5.02 Å². The van der Waals surface area contributed by atoms with Crippen molar-refractivity contribution in [1.82, 2.24) is 4.98 Å².